The van der Waals surface area contributed by atoms with E-state index in [-0.39, 0.29) is 11.8 Å². The van der Waals surface area contributed by atoms with Crippen molar-refractivity contribution in [1.82, 2.24) is 19.4 Å². The number of thioether (sulfide) groups is 1. The Morgan fingerprint density at radius 2 is 1.84 bits per heavy atom. The van der Waals surface area contributed by atoms with E-state index in [9.17, 15) is 14.4 Å². The number of hydrogen-bond donors (Lipinski definition) is 0. The van der Waals surface area contributed by atoms with Gasteiger partial charge in [0.1, 0.15) is 0 Å². The van der Waals surface area contributed by atoms with E-state index in [1.807, 2.05) is 39.0 Å². The predicted octanol–water partition coefficient (Wildman–Crippen LogP) is 5.35. The van der Waals surface area contributed by atoms with Crippen LogP contribution in [0.15, 0.2) is 48.9 Å². The van der Waals surface area contributed by atoms with Gasteiger partial charge in [0.2, 0.25) is 0 Å². The first-order valence-electron chi connectivity index (χ1n) is 12.6. The van der Waals surface area contributed by atoms with Gasteiger partial charge in [-0.05, 0) is 0 Å². The number of ketones is 1. The molecule has 0 bridgehead atoms. The molecule has 4 rings (SSSR count). The number of aromatic nitrogens is 2. The van der Waals surface area contributed by atoms with Gasteiger partial charge in [0.05, 0.1) is 0 Å². The maximum absolute atomic E-state index is 14.2. The van der Waals surface area contributed by atoms with Crippen LogP contribution in [-0.4, -0.2) is 87.1 Å². The number of amides is 2. The van der Waals surface area contributed by atoms with E-state index >= 15 is 0 Å². The molecule has 10 heteroatoms. The van der Waals surface area contributed by atoms with E-state index in [4.69, 9.17) is 4.74 Å². The van der Waals surface area contributed by atoms with Crippen molar-refractivity contribution in [2.75, 3.05) is 19.8 Å². The summed E-state index contributed by atoms with van der Waals surface area (Å²) in [5, 5.41) is 0.300. The number of fused-ring (bicyclic) bond motifs is 1. The molecule has 1 aromatic carbocycles. The van der Waals surface area contributed by atoms with Gasteiger partial charge in [0.15, 0.2) is 0 Å². The zero-order chi connectivity index (χ0) is 28.0. The molecule has 1 aliphatic heterocycles. The number of hydrogen-bond acceptors (Lipinski definition) is 6. The van der Waals surface area contributed by atoms with Gasteiger partial charge >= 0.3 is 227 Å². The number of ether oxygens (including phenoxy) is 1. The second-order valence-corrected chi connectivity index (χ2v) is 27.4. The number of carbonyl (C=O) groups is 3. The molecule has 8 nitrogen and oxygen atoms in total. The van der Waals surface area contributed by atoms with Gasteiger partial charge < -0.3 is 0 Å². The van der Waals surface area contributed by atoms with E-state index in [0.29, 0.717) is 16.7 Å². The summed E-state index contributed by atoms with van der Waals surface area (Å²) in [7, 11) is 3.39. The van der Waals surface area contributed by atoms with Crippen LogP contribution >= 0.6 is 11.8 Å². The Kier molecular flexibility index (Phi) is 7.91. The molecule has 0 aliphatic carbocycles. The van der Waals surface area contributed by atoms with Gasteiger partial charge in [-0.3, -0.25) is 0 Å². The molecule has 2 aromatic heterocycles. The molecule has 0 radical (unpaired) electrons. The van der Waals surface area contributed by atoms with Crippen molar-refractivity contribution in [1.29, 1.82) is 0 Å². The van der Waals surface area contributed by atoms with Crippen molar-refractivity contribution in [2.45, 2.75) is 52.6 Å². The Labute approximate surface area is 232 Å². The van der Waals surface area contributed by atoms with Gasteiger partial charge in [-0.2, -0.15) is 0 Å². The average Bonchev–Trinajstić information content (AvgIpc) is 3.44. The van der Waals surface area contributed by atoms with Crippen LogP contribution in [0.1, 0.15) is 42.1 Å². The van der Waals surface area contributed by atoms with Crippen molar-refractivity contribution >= 4 is 62.5 Å². The maximum atomic E-state index is 14.2. The summed E-state index contributed by atoms with van der Waals surface area (Å²) >= 11 is -0.955. The molecule has 1 aliphatic rings. The minimum atomic E-state index is -2.46. The van der Waals surface area contributed by atoms with Gasteiger partial charge in [-0.1, -0.05) is 0 Å². The number of Topliss-reactive ketones (excluding diaryl/α,β-unsaturated/α-hetero) is 1. The molecule has 3 heterocycles. The second-order valence-electron chi connectivity index (χ2n) is 11.8. The number of benzene rings is 1. The quantitative estimate of drug-likeness (QED) is 0.282. The Bertz CT molecular complexity index is 1380. The van der Waals surface area contributed by atoms with Crippen LogP contribution in [0.5, 0.6) is 0 Å². The van der Waals surface area contributed by atoms with Gasteiger partial charge in [0, 0.05) is 6.20 Å². The summed E-state index contributed by atoms with van der Waals surface area (Å²) in [6, 6.07) is 8.85. The molecule has 1 unspecified atom stereocenters. The normalized spacial score (nSPS) is 18.1. The number of nitrogens with zero attached hydrogens (tertiary/aromatic N) is 4. The summed E-state index contributed by atoms with van der Waals surface area (Å²) in [4.78, 5) is 55.0. The van der Waals surface area contributed by atoms with Crippen LogP contribution in [0.2, 0.25) is 14.8 Å². The SMILES string of the molecule is CN(C)C(=O)n1cc(C(=O)[C@@H]2CSC(c3cccnc3)N2C(=O)OC(C)(C)C)c2cc[c]([Sn]([CH3])([CH3])[CH3])cc21. The number of pyridine rings is 1. The standard InChI is InChI=1S/C25H27N4O4S.3CH3.Sn/c1-25(2,3)33-24(32)29-20(15-34-22(29)16-9-8-12-26-13-16)21(30)18-14-28(23(31)27(4)5)19-11-7-6-10-17(18)19;;;;/h6,8-14,20,22H,15H2,1-5H3;3*1H3;/t20-,22?;;;;/m0..../s1. The summed E-state index contributed by atoms with van der Waals surface area (Å²) in [6.07, 6.45) is 4.47. The number of rotatable bonds is 4. The topological polar surface area (TPSA) is 84.7 Å². The fraction of sp³-hybridized carbons (Fsp3) is 0.429. The van der Waals surface area contributed by atoms with Crippen LogP contribution in [0.3, 0.4) is 0 Å². The molecule has 1 fully saturated rings. The van der Waals surface area contributed by atoms with E-state index in [1.54, 1.807) is 37.3 Å². The Morgan fingerprint density at radius 3 is 2.42 bits per heavy atom. The van der Waals surface area contributed by atoms with Gasteiger partial charge in [-0.15, -0.1) is 0 Å². The molecule has 0 spiro atoms. The summed E-state index contributed by atoms with van der Waals surface area (Å²) in [5.74, 6) is 0.194. The van der Waals surface area contributed by atoms with Crippen LogP contribution in [-0.2, 0) is 4.74 Å². The van der Waals surface area contributed by atoms with E-state index < -0.39 is 41.5 Å². The molecule has 2 atom stereocenters. The summed E-state index contributed by atoms with van der Waals surface area (Å²) in [5.41, 5.74) is 1.25. The molecule has 202 valence electrons. The van der Waals surface area contributed by atoms with Crippen LogP contribution in [0, 0.1) is 0 Å². The fourth-order valence-electron chi connectivity index (χ4n) is 4.47. The van der Waals surface area contributed by atoms with E-state index in [1.165, 1.54) is 25.1 Å². The Balaban J connectivity index is 1.82. The molecular formula is C28H36N4O4SSn. The fourth-order valence-corrected chi connectivity index (χ4v) is 9.16. The minimum absolute atomic E-state index is 0.211. The molecule has 0 N–H and O–H groups in total. The summed E-state index contributed by atoms with van der Waals surface area (Å²) in [6.45, 7) is 5.42. The van der Waals surface area contributed by atoms with Crippen molar-refractivity contribution in [3.8, 4) is 0 Å². The third-order valence-corrected chi connectivity index (χ3v) is 13.6. The van der Waals surface area contributed by atoms with Crippen molar-refractivity contribution in [3.63, 3.8) is 0 Å². The predicted molar refractivity (Wildman–Crippen MR) is 155 cm³/mol. The first kappa shape index (κ1) is 28.5. The number of carbonyl (C=O) groups excluding carboxylic acids is 3. The average molecular weight is 643 g/mol. The monoisotopic (exact) mass is 644 g/mol. The Morgan fingerprint density at radius 1 is 1.13 bits per heavy atom. The molecule has 2 amide bonds. The molecule has 38 heavy (non-hydrogen) atoms. The third kappa shape index (κ3) is 5.73. The van der Waals surface area contributed by atoms with Crippen molar-refractivity contribution in [3.05, 3.63) is 60.0 Å². The zero-order valence-corrected chi connectivity index (χ0v) is 27.0. The van der Waals surface area contributed by atoms with Gasteiger partial charge in [0.25, 0.3) is 0 Å². The molecule has 0 saturated carbocycles. The Hall–Kier alpha value is -2.53. The zero-order valence-electron chi connectivity index (χ0n) is 23.3. The third-order valence-electron chi connectivity index (χ3n) is 6.40. The molecular weight excluding hydrogens is 607 g/mol. The van der Waals surface area contributed by atoms with Crippen molar-refractivity contribution in [2.24, 2.45) is 0 Å². The van der Waals surface area contributed by atoms with Crippen molar-refractivity contribution < 1.29 is 19.1 Å². The summed E-state index contributed by atoms with van der Waals surface area (Å²) < 4.78 is 8.57. The van der Waals surface area contributed by atoms with Crippen LogP contribution < -0.4 is 3.58 Å². The first-order chi connectivity index (χ1) is 17.7. The first-order valence-corrected chi connectivity index (χ1v) is 23.7. The molecule has 3 aromatic rings. The molecule has 1 saturated heterocycles. The van der Waals surface area contributed by atoms with Crippen LogP contribution in [0.4, 0.5) is 9.59 Å². The van der Waals surface area contributed by atoms with Crippen LogP contribution in [0.25, 0.3) is 10.9 Å². The second kappa shape index (κ2) is 10.6. The van der Waals surface area contributed by atoms with E-state index in [2.05, 4.69) is 31.9 Å². The van der Waals surface area contributed by atoms with E-state index in [0.717, 1.165) is 11.1 Å². The van der Waals surface area contributed by atoms with Gasteiger partial charge in [-0.25, -0.2) is 0 Å².